The van der Waals surface area contributed by atoms with Crippen molar-refractivity contribution in [2.45, 2.75) is 32.7 Å². The van der Waals surface area contributed by atoms with Crippen molar-refractivity contribution in [3.8, 4) is 0 Å². The number of hydrogen-bond donors (Lipinski definition) is 0. The molecule has 0 unspecified atom stereocenters. The Morgan fingerprint density at radius 2 is 2.33 bits per heavy atom. The Morgan fingerprint density at radius 1 is 1.40 bits per heavy atom. The summed E-state index contributed by atoms with van der Waals surface area (Å²) in [5.74, 6) is 1.11. The smallest absolute Gasteiger partial charge is 0.132 e. The molecule has 0 atom stereocenters. The predicted octanol–water partition coefficient (Wildman–Crippen LogP) is 2.53. The third-order valence-electron chi connectivity index (χ3n) is 2.44. The van der Waals surface area contributed by atoms with Crippen LogP contribution in [0.5, 0.6) is 0 Å². The standard InChI is InChI=1S/C11H15N3S/c1-2-14-9-12-13-11(14)7-3-5-10-6-4-8-15-10/h4,6,8-9H,2-3,5,7H2,1H3. The summed E-state index contributed by atoms with van der Waals surface area (Å²) in [6, 6.07) is 4.30. The average Bonchev–Trinajstić information content (AvgIpc) is 2.88. The molecule has 0 aromatic carbocycles. The quantitative estimate of drug-likeness (QED) is 0.776. The van der Waals surface area contributed by atoms with Gasteiger partial charge in [0.05, 0.1) is 0 Å². The van der Waals surface area contributed by atoms with Gasteiger partial charge in [-0.15, -0.1) is 21.5 Å². The van der Waals surface area contributed by atoms with Gasteiger partial charge >= 0.3 is 0 Å². The molecule has 0 saturated heterocycles. The van der Waals surface area contributed by atoms with E-state index in [1.54, 1.807) is 6.33 Å². The fourth-order valence-corrected chi connectivity index (χ4v) is 2.36. The lowest BCUT2D eigenvalue weighted by atomic mass is 10.2. The lowest BCUT2D eigenvalue weighted by Crippen LogP contribution is -2.01. The van der Waals surface area contributed by atoms with Gasteiger partial charge in [-0.2, -0.15) is 0 Å². The monoisotopic (exact) mass is 221 g/mol. The van der Waals surface area contributed by atoms with Crippen molar-refractivity contribution >= 4 is 11.3 Å². The maximum absolute atomic E-state index is 4.12. The summed E-state index contributed by atoms with van der Waals surface area (Å²) in [5.41, 5.74) is 0. The highest BCUT2D eigenvalue weighted by Gasteiger charge is 2.02. The van der Waals surface area contributed by atoms with Crippen molar-refractivity contribution < 1.29 is 0 Å². The minimum absolute atomic E-state index is 0.960. The third-order valence-corrected chi connectivity index (χ3v) is 3.38. The first-order valence-corrected chi connectivity index (χ1v) is 6.17. The molecule has 0 aliphatic rings. The van der Waals surface area contributed by atoms with Crippen molar-refractivity contribution in [3.63, 3.8) is 0 Å². The number of nitrogens with zero attached hydrogens (tertiary/aromatic N) is 3. The SMILES string of the molecule is CCn1cnnc1CCCc1cccs1. The van der Waals surface area contributed by atoms with E-state index < -0.39 is 0 Å². The normalized spacial score (nSPS) is 10.7. The summed E-state index contributed by atoms with van der Waals surface area (Å²) in [6.07, 6.45) is 5.12. The Bertz CT molecular complexity index is 392. The summed E-state index contributed by atoms with van der Waals surface area (Å²) in [7, 11) is 0. The molecule has 0 amide bonds. The largest absolute Gasteiger partial charge is 0.318 e. The molecule has 0 fully saturated rings. The van der Waals surface area contributed by atoms with E-state index in [1.165, 1.54) is 4.88 Å². The van der Waals surface area contributed by atoms with Gasteiger partial charge in [0.15, 0.2) is 0 Å². The highest BCUT2D eigenvalue weighted by Crippen LogP contribution is 2.12. The summed E-state index contributed by atoms with van der Waals surface area (Å²) in [6.45, 7) is 3.08. The van der Waals surface area contributed by atoms with Crippen LogP contribution in [0.1, 0.15) is 24.0 Å². The molecule has 0 saturated carbocycles. The van der Waals surface area contributed by atoms with Gasteiger partial charge in [0, 0.05) is 17.8 Å². The fourth-order valence-electron chi connectivity index (χ4n) is 1.61. The first-order chi connectivity index (χ1) is 7.40. The second-order valence-corrected chi connectivity index (χ2v) is 4.50. The Balaban J connectivity index is 1.83. The molecule has 0 spiro atoms. The second-order valence-electron chi connectivity index (χ2n) is 3.47. The van der Waals surface area contributed by atoms with E-state index in [4.69, 9.17) is 0 Å². The number of hydrogen-bond acceptors (Lipinski definition) is 3. The Kier molecular flexibility index (Phi) is 3.50. The minimum Gasteiger partial charge on any atom is -0.318 e. The summed E-state index contributed by atoms with van der Waals surface area (Å²) in [4.78, 5) is 1.46. The molecule has 2 aromatic rings. The van der Waals surface area contributed by atoms with Crippen LogP contribution in [0.4, 0.5) is 0 Å². The van der Waals surface area contributed by atoms with Crippen LogP contribution in [0.2, 0.25) is 0 Å². The Labute approximate surface area is 93.8 Å². The van der Waals surface area contributed by atoms with Crippen LogP contribution < -0.4 is 0 Å². The van der Waals surface area contributed by atoms with Gasteiger partial charge in [-0.1, -0.05) is 6.07 Å². The van der Waals surface area contributed by atoms with Gasteiger partial charge in [0.25, 0.3) is 0 Å². The van der Waals surface area contributed by atoms with E-state index in [2.05, 4.69) is 39.2 Å². The lowest BCUT2D eigenvalue weighted by Gasteiger charge is -2.01. The summed E-state index contributed by atoms with van der Waals surface area (Å²) >= 11 is 1.83. The van der Waals surface area contributed by atoms with Crippen LogP contribution in [-0.4, -0.2) is 14.8 Å². The number of aryl methyl sites for hydroxylation is 3. The average molecular weight is 221 g/mol. The zero-order valence-corrected chi connectivity index (χ0v) is 9.70. The number of aromatic nitrogens is 3. The molecule has 4 heteroatoms. The van der Waals surface area contributed by atoms with Crippen LogP contribution in [-0.2, 0) is 19.4 Å². The zero-order chi connectivity index (χ0) is 10.5. The van der Waals surface area contributed by atoms with Crippen molar-refractivity contribution in [1.29, 1.82) is 0 Å². The van der Waals surface area contributed by atoms with Gasteiger partial charge in [-0.25, -0.2) is 0 Å². The minimum atomic E-state index is 0.960. The molecule has 2 aromatic heterocycles. The number of thiophene rings is 1. The first-order valence-electron chi connectivity index (χ1n) is 5.29. The first kappa shape index (κ1) is 10.4. The maximum atomic E-state index is 4.12. The fraction of sp³-hybridized carbons (Fsp3) is 0.455. The molecule has 0 aliphatic heterocycles. The van der Waals surface area contributed by atoms with E-state index in [0.29, 0.717) is 0 Å². The molecular formula is C11H15N3S. The third kappa shape index (κ3) is 2.65. The highest BCUT2D eigenvalue weighted by molar-refractivity contribution is 7.09. The van der Waals surface area contributed by atoms with Gasteiger partial charge in [-0.3, -0.25) is 0 Å². The van der Waals surface area contributed by atoms with E-state index in [-0.39, 0.29) is 0 Å². The van der Waals surface area contributed by atoms with E-state index in [9.17, 15) is 0 Å². The molecule has 2 rings (SSSR count). The van der Waals surface area contributed by atoms with Crippen molar-refractivity contribution in [1.82, 2.24) is 14.8 Å². The molecule has 0 aliphatic carbocycles. The lowest BCUT2D eigenvalue weighted by molar-refractivity contribution is 0.669. The molecule has 0 bridgehead atoms. The van der Waals surface area contributed by atoms with Crippen LogP contribution in [0.3, 0.4) is 0 Å². The number of rotatable bonds is 5. The van der Waals surface area contributed by atoms with Gasteiger partial charge in [-0.05, 0) is 31.2 Å². The molecule has 15 heavy (non-hydrogen) atoms. The molecule has 3 nitrogen and oxygen atoms in total. The second kappa shape index (κ2) is 5.07. The van der Waals surface area contributed by atoms with Gasteiger partial charge in [0.1, 0.15) is 12.2 Å². The molecular weight excluding hydrogens is 206 g/mol. The predicted molar refractivity (Wildman–Crippen MR) is 62.0 cm³/mol. The van der Waals surface area contributed by atoms with Gasteiger partial charge in [0.2, 0.25) is 0 Å². The molecule has 0 N–H and O–H groups in total. The van der Waals surface area contributed by atoms with Crippen LogP contribution in [0, 0.1) is 0 Å². The Hall–Kier alpha value is -1.16. The van der Waals surface area contributed by atoms with Crippen LogP contribution in [0.25, 0.3) is 0 Å². The van der Waals surface area contributed by atoms with Crippen molar-refractivity contribution in [3.05, 3.63) is 34.5 Å². The molecule has 2 heterocycles. The van der Waals surface area contributed by atoms with E-state index >= 15 is 0 Å². The highest BCUT2D eigenvalue weighted by atomic mass is 32.1. The molecule has 0 radical (unpaired) electrons. The van der Waals surface area contributed by atoms with Crippen LogP contribution in [0.15, 0.2) is 23.8 Å². The van der Waals surface area contributed by atoms with Crippen molar-refractivity contribution in [2.24, 2.45) is 0 Å². The van der Waals surface area contributed by atoms with Crippen LogP contribution >= 0.6 is 11.3 Å². The van der Waals surface area contributed by atoms with E-state index in [1.807, 2.05) is 11.3 Å². The zero-order valence-electron chi connectivity index (χ0n) is 8.89. The summed E-state index contributed by atoms with van der Waals surface area (Å²) in [5, 5.41) is 10.2. The van der Waals surface area contributed by atoms with E-state index in [0.717, 1.165) is 31.6 Å². The Morgan fingerprint density at radius 3 is 3.07 bits per heavy atom. The topological polar surface area (TPSA) is 30.7 Å². The maximum Gasteiger partial charge on any atom is 0.132 e. The van der Waals surface area contributed by atoms with Crippen molar-refractivity contribution in [2.75, 3.05) is 0 Å². The molecule has 80 valence electrons. The van der Waals surface area contributed by atoms with Gasteiger partial charge < -0.3 is 4.57 Å². The summed E-state index contributed by atoms with van der Waals surface area (Å²) < 4.78 is 2.11.